The summed E-state index contributed by atoms with van der Waals surface area (Å²) >= 11 is -5.34. The number of unbranched alkanes of at least 4 members (excludes halogenated alkanes) is 90. The van der Waals surface area contributed by atoms with Crippen molar-refractivity contribution in [3.05, 3.63) is 0 Å². The molecule has 0 heterocycles. The Balaban J connectivity index is 6.83. The van der Waals surface area contributed by atoms with Crippen LogP contribution in [0.3, 0.4) is 0 Å². The van der Waals surface area contributed by atoms with Crippen LogP contribution in [0.2, 0.25) is 26.6 Å². The first kappa shape index (κ1) is 113. The van der Waals surface area contributed by atoms with E-state index in [2.05, 4.69) is 47.7 Å². The van der Waals surface area contributed by atoms with Crippen LogP contribution in [0.1, 0.15) is 658 Å². The fourth-order valence-electron chi connectivity index (χ4n) is 19.5. The van der Waals surface area contributed by atoms with E-state index in [1.807, 2.05) is 0 Å². The molecule has 0 aromatic heterocycles. The summed E-state index contributed by atoms with van der Waals surface area (Å²) < 4.78 is 10.8. The van der Waals surface area contributed by atoms with E-state index in [-0.39, 0.29) is 0 Å². The third kappa shape index (κ3) is 91.0. The standard InChI is InChI=1S/6C18H37.S.2Sn/c6*1-3-5-7-9-11-13-15-17-18-16-14-12-10-8-6-4-2;;;/h6*1,3-18H2,2H3;;;. The van der Waals surface area contributed by atoms with Crippen LogP contribution in [0.5, 0.6) is 0 Å². The van der Waals surface area contributed by atoms with Crippen molar-refractivity contribution in [2.75, 3.05) is 0 Å². The van der Waals surface area contributed by atoms with Gasteiger partial charge in [-0.25, -0.2) is 0 Å². The van der Waals surface area contributed by atoms with Gasteiger partial charge >= 0.3 is 491 Å². The molecule has 0 saturated heterocycles. The third-order valence-corrected chi connectivity index (χ3v) is 115. The zero-order valence-electron chi connectivity index (χ0n) is 79.5. The SMILES string of the molecule is CCCCCCCCCCCCCCCCC[CH2][Sn]([CH2]CCCCCCCCCCCCCCCCC)([CH2]CCCCCCCCCCCCCCCCC)[S][Sn]([CH2]CCCCCCCCCCCCCCCCC)([CH2]CCCCCCCCCCCCCCCCC)[CH2]CCCCCCCCCCCCCCCCC. The van der Waals surface area contributed by atoms with Crippen LogP contribution in [0, 0.1) is 0 Å². The van der Waals surface area contributed by atoms with E-state index in [1.165, 1.54) is 501 Å². The Hall–Kier alpha value is 1.95. The summed E-state index contributed by atoms with van der Waals surface area (Å²) in [7, 11) is 0. The van der Waals surface area contributed by atoms with E-state index in [0.29, 0.717) is 0 Å². The van der Waals surface area contributed by atoms with E-state index < -0.39 is 34.0 Å². The van der Waals surface area contributed by atoms with E-state index in [9.17, 15) is 0 Å². The van der Waals surface area contributed by atoms with Gasteiger partial charge in [0, 0.05) is 0 Å². The quantitative estimate of drug-likeness (QED) is 0.0432. The second kappa shape index (κ2) is 101. The summed E-state index contributed by atoms with van der Waals surface area (Å²) in [6, 6.07) is 0. The fourth-order valence-corrected chi connectivity index (χ4v) is 147. The molecule has 0 atom stereocenters. The summed E-state index contributed by atoms with van der Waals surface area (Å²) in [6.07, 6.45) is 148. The maximum atomic E-state index is 3.23. The van der Waals surface area contributed by atoms with Gasteiger partial charge in [0.25, 0.3) is 0 Å². The molecule has 668 valence electrons. The molecule has 0 bridgehead atoms. The minimum atomic E-state index is -2.67. The Bertz CT molecular complexity index is 1300. The molecule has 0 aromatic carbocycles. The molecule has 3 heteroatoms. The predicted molar refractivity (Wildman–Crippen MR) is 525 cm³/mol. The molecule has 0 amide bonds. The molecule has 0 N–H and O–H groups in total. The Morgan fingerprint density at radius 1 is 0.0901 bits per heavy atom. The molecule has 0 saturated carbocycles. The molecular weight excluding hydrogens is 1570 g/mol. The van der Waals surface area contributed by atoms with E-state index in [0.717, 1.165) is 0 Å². The van der Waals surface area contributed by atoms with Crippen LogP contribution < -0.4 is 0 Å². The summed E-state index contributed by atoms with van der Waals surface area (Å²) in [5.41, 5.74) is 0. The maximum absolute atomic E-state index is 3.23. The van der Waals surface area contributed by atoms with E-state index >= 15 is 0 Å². The van der Waals surface area contributed by atoms with Gasteiger partial charge in [-0.05, 0) is 0 Å². The van der Waals surface area contributed by atoms with Gasteiger partial charge in [-0.15, -0.1) is 0 Å². The van der Waals surface area contributed by atoms with Crippen molar-refractivity contribution >= 4 is 40.1 Å². The second-order valence-corrected chi connectivity index (χ2v) is 86.2. The molecule has 0 aliphatic rings. The van der Waals surface area contributed by atoms with Crippen LogP contribution in [-0.4, -0.2) is 34.0 Å². The number of rotatable bonds is 104. The van der Waals surface area contributed by atoms with Crippen molar-refractivity contribution in [3.63, 3.8) is 0 Å². The van der Waals surface area contributed by atoms with Crippen LogP contribution >= 0.6 is 6.13 Å². The van der Waals surface area contributed by atoms with E-state index in [4.69, 9.17) is 0 Å². The first-order chi connectivity index (χ1) is 55.1. The average molecular weight is 1790 g/mol. The fraction of sp³-hybridized carbons (Fsp3) is 1.00. The van der Waals surface area contributed by atoms with Crippen LogP contribution in [0.25, 0.3) is 0 Å². The molecule has 0 rings (SSSR count). The Labute approximate surface area is 718 Å². The molecule has 0 unspecified atom stereocenters. The van der Waals surface area contributed by atoms with Crippen LogP contribution in [0.15, 0.2) is 0 Å². The van der Waals surface area contributed by atoms with Crippen molar-refractivity contribution in [2.24, 2.45) is 0 Å². The van der Waals surface area contributed by atoms with Crippen LogP contribution in [0.4, 0.5) is 0 Å². The van der Waals surface area contributed by atoms with Crippen molar-refractivity contribution in [2.45, 2.75) is 685 Å². The summed E-state index contributed by atoms with van der Waals surface area (Å²) in [5, 5.41) is 0. The summed E-state index contributed by atoms with van der Waals surface area (Å²) in [4.78, 5) is 0. The Morgan fingerprint density at radius 3 is 0.225 bits per heavy atom. The van der Waals surface area contributed by atoms with Crippen molar-refractivity contribution in [1.82, 2.24) is 0 Å². The Kier molecular flexibility index (Phi) is 103. The van der Waals surface area contributed by atoms with Gasteiger partial charge in [-0.2, -0.15) is 0 Å². The smallest absolute Gasteiger partial charge is 0.0654 e. The monoisotopic (exact) mass is 1790 g/mol. The van der Waals surface area contributed by atoms with Gasteiger partial charge in [-0.1, -0.05) is 234 Å². The minimum absolute atomic E-state index is 1.38. The van der Waals surface area contributed by atoms with Gasteiger partial charge < -0.3 is 0 Å². The van der Waals surface area contributed by atoms with Crippen molar-refractivity contribution in [3.8, 4) is 0 Å². The van der Waals surface area contributed by atoms with Gasteiger partial charge in [0.05, 0.1) is 0 Å². The minimum Gasteiger partial charge on any atom is -0.0654 e. The predicted octanol–water partition coefficient (Wildman–Crippen LogP) is 43.2. The van der Waals surface area contributed by atoms with Gasteiger partial charge in [0.15, 0.2) is 0 Å². The molecule has 0 aliphatic carbocycles. The molecule has 0 nitrogen and oxygen atoms in total. The number of hydrogen-bond acceptors (Lipinski definition) is 1. The van der Waals surface area contributed by atoms with Crippen molar-refractivity contribution in [1.29, 1.82) is 0 Å². The van der Waals surface area contributed by atoms with Gasteiger partial charge in [0.1, 0.15) is 0 Å². The van der Waals surface area contributed by atoms with Gasteiger partial charge in [-0.3, -0.25) is 0 Å². The van der Waals surface area contributed by atoms with Gasteiger partial charge in [0.2, 0.25) is 0 Å². The first-order valence-corrected chi connectivity index (χ1v) is 74.7. The molecule has 0 spiro atoms. The van der Waals surface area contributed by atoms with Crippen LogP contribution in [-0.2, 0) is 0 Å². The average Bonchev–Trinajstić information content (AvgIpc) is 0.810. The summed E-state index contributed by atoms with van der Waals surface area (Å²) in [6.45, 7) is 14.2. The molecule has 0 aliphatic heterocycles. The molecule has 0 aromatic rings. The molecular formula is C108H222SSn2. The zero-order chi connectivity index (χ0) is 79.8. The molecule has 111 heavy (non-hydrogen) atoms. The second-order valence-electron chi connectivity index (χ2n) is 38.8. The Morgan fingerprint density at radius 2 is 0.153 bits per heavy atom. The normalized spacial score (nSPS) is 12.2. The first-order valence-electron chi connectivity index (χ1n) is 54.8. The molecule has 0 radical (unpaired) electrons. The zero-order valence-corrected chi connectivity index (χ0v) is 86.1. The van der Waals surface area contributed by atoms with E-state index in [1.54, 1.807) is 142 Å². The molecule has 0 fully saturated rings. The summed E-state index contributed by atoms with van der Waals surface area (Å²) in [5.74, 6) is 0. The third-order valence-electron chi connectivity index (χ3n) is 27.3. The van der Waals surface area contributed by atoms with Crippen molar-refractivity contribution < 1.29 is 0 Å². The topological polar surface area (TPSA) is 0 Å². The number of hydrogen-bond donors (Lipinski definition) is 0.